The molecule has 0 spiro atoms. The second-order valence-corrected chi connectivity index (χ2v) is 7.29. The third-order valence-electron chi connectivity index (χ3n) is 3.80. The van der Waals surface area contributed by atoms with E-state index in [-0.39, 0.29) is 18.0 Å². The molecule has 5 nitrogen and oxygen atoms in total. The number of esters is 1. The Hall–Kier alpha value is -1.61. The van der Waals surface area contributed by atoms with Crippen molar-refractivity contribution in [3.63, 3.8) is 0 Å². The number of rotatable bonds is 4. The van der Waals surface area contributed by atoms with Crippen LogP contribution in [0.4, 0.5) is 13.2 Å². The van der Waals surface area contributed by atoms with Gasteiger partial charge in [-0.1, -0.05) is 0 Å². The van der Waals surface area contributed by atoms with Crippen molar-refractivity contribution in [2.24, 2.45) is 0 Å². The molecule has 1 fully saturated rings. The molecule has 1 saturated heterocycles. The van der Waals surface area contributed by atoms with Crippen LogP contribution in [0.15, 0.2) is 29.2 Å². The molecule has 1 aliphatic rings. The molecule has 0 amide bonds. The Morgan fingerprint density at radius 1 is 1.25 bits per heavy atom. The monoisotopic (exact) mass is 365 g/mol. The molecule has 1 aliphatic heterocycles. The summed E-state index contributed by atoms with van der Waals surface area (Å²) in [7, 11) is -4.07. The van der Waals surface area contributed by atoms with Crippen molar-refractivity contribution in [3.05, 3.63) is 29.8 Å². The molecule has 0 aromatic heterocycles. The van der Waals surface area contributed by atoms with Gasteiger partial charge in [0.1, 0.15) is 6.04 Å². The molecule has 0 aliphatic carbocycles. The van der Waals surface area contributed by atoms with E-state index in [1.807, 2.05) is 0 Å². The minimum absolute atomic E-state index is 0.128. The molecule has 9 heteroatoms. The van der Waals surface area contributed by atoms with Crippen LogP contribution in [0.1, 0.15) is 31.7 Å². The second-order valence-electron chi connectivity index (χ2n) is 5.40. The van der Waals surface area contributed by atoms with Crippen LogP contribution >= 0.6 is 0 Å². The van der Waals surface area contributed by atoms with E-state index in [4.69, 9.17) is 4.74 Å². The number of alkyl halides is 3. The summed E-state index contributed by atoms with van der Waals surface area (Å²) in [6.45, 7) is 1.88. The predicted molar refractivity (Wildman–Crippen MR) is 79.6 cm³/mol. The number of nitrogens with zero attached hydrogens (tertiary/aromatic N) is 1. The maximum atomic E-state index is 12.7. The molecule has 2 rings (SSSR count). The first-order valence-corrected chi connectivity index (χ1v) is 8.97. The van der Waals surface area contributed by atoms with Gasteiger partial charge in [0, 0.05) is 6.54 Å². The minimum atomic E-state index is -4.54. The molecule has 1 aromatic rings. The summed E-state index contributed by atoms with van der Waals surface area (Å²) in [4.78, 5) is 11.7. The molecule has 0 saturated carbocycles. The number of piperidine rings is 1. The molecule has 1 atom stereocenters. The summed E-state index contributed by atoms with van der Waals surface area (Å²) in [5, 5.41) is 0. The molecular formula is C15H18F3NO4S. The summed E-state index contributed by atoms with van der Waals surface area (Å²) in [6.07, 6.45) is -2.95. The van der Waals surface area contributed by atoms with Crippen molar-refractivity contribution in [1.82, 2.24) is 4.31 Å². The van der Waals surface area contributed by atoms with Gasteiger partial charge in [0.15, 0.2) is 0 Å². The number of benzene rings is 1. The number of hydrogen-bond donors (Lipinski definition) is 0. The maximum absolute atomic E-state index is 12.7. The molecule has 1 heterocycles. The van der Waals surface area contributed by atoms with Crippen LogP contribution in [-0.2, 0) is 25.7 Å². The Morgan fingerprint density at radius 2 is 1.88 bits per heavy atom. The molecule has 0 unspecified atom stereocenters. The average Bonchev–Trinajstić information content (AvgIpc) is 2.54. The molecule has 134 valence electrons. The highest BCUT2D eigenvalue weighted by atomic mass is 32.2. The van der Waals surface area contributed by atoms with Crippen LogP contribution in [0, 0.1) is 0 Å². The zero-order valence-corrected chi connectivity index (χ0v) is 13.9. The summed E-state index contributed by atoms with van der Waals surface area (Å²) in [6, 6.07) is 2.32. The molecular weight excluding hydrogens is 347 g/mol. The fourth-order valence-corrected chi connectivity index (χ4v) is 4.26. The molecule has 24 heavy (non-hydrogen) atoms. The topological polar surface area (TPSA) is 63.7 Å². The highest BCUT2D eigenvalue weighted by Gasteiger charge is 2.39. The van der Waals surface area contributed by atoms with Gasteiger partial charge in [-0.3, -0.25) is 4.79 Å². The first-order valence-electron chi connectivity index (χ1n) is 7.53. The number of carbonyl (C=O) groups is 1. The van der Waals surface area contributed by atoms with Crippen LogP contribution in [-0.4, -0.2) is 37.9 Å². The fourth-order valence-electron chi connectivity index (χ4n) is 2.62. The second kappa shape index (κ2) is 7.10. The quantitative estimate of drug-likeness (QED) is 0.770. The Morgan fingerprint density at radius 3 is 2.42 bits per heavy atom. The average molecular weight is 365 g/mol. The van der Waals surface area contributed by atoms with Crippen LogP contribution in [0.25, 0.3) is 0 Å². The van der Waals surface area contributed by atoms with Crippen molar-refractivity contribution in [1.29, 1.82) is 0 Å². The van der Waals surface area contributed by atoms with E-state index >= 15 is 0 Å². The zero-order chi connectivity index (χ0) is 18.0. The number of hydrogen-bond acceptors (Lipinski definition) is 4. The fraction of sp³-hybridized carbons (Fsp3) is 0.533. The number of carbonyl (C=O) groups excluding carboxylic acids is 1. The zero-order valence-electron chi connectivity index (χ0n) is 13.0. The molecule has 0 bridgehead atoms. The highest BCUT2D eigenvalue weighted by Crippen LogP contribution is 2.31. The Labute approximate surface area is 138 Å². The first kappa shape index (κ1) is 18.7. The van der Waals surface area contributed by atoms with Crippen molar-refractivity contribution >= 4 is 16.0 Å². The van der Waals surface area contributed by atoms with Crippen LogP contribution < -0.4 is 0 Å². The lowest BCUT2D eigenvalue weighted by Crippen LogP contribution is -2.48. The summed E-state index contributed by atoms with van der Waals surface area (Å²) in [5.41, 5.74) is -0.929. The third-order valence-corrected chi connectivity index (χ3v) is 5.72. The number of sulfonamides is 1. The lowest BCUT2D eigenvalue weighted by molar-refractivity contribution is -0.148. The van der Waals surface area contributed by atoms with E-state index in [9.17, 15) is 26.4 Å². The van der Waals surface area contributed by atoms with Crippen molar-refractivity contribution in [3.8, 4) is 0 Å². The summed E-state index contributed by atoms with van der Waals surface area (Å²) < 4.78 is 69.2. The normalized spacial score (nSPS) is 19.9. The minimum Gasteiger partial charge on any atom is -0.465 e. The molecule has 0 radical (unpaired) electrons. The Kier molecular flexibility index (Phi) is 5.54. The van der Waals surface area contributed by atoms with Gasteiger partial charge >= 0.3 is 12.1 Å². The number of halogens is 3. The van der Waals surface area contributed by atoms with Gasteiger partial charge in [0.25, 0.3) is 0 Å². The van der Waals surface area contributed by atoms with Gasteiger partial charge < -0.3 is 4.74 Å². The van der Waals surface area contributed by atoms with Crippen LogP contribution in [0.3, 0.4) is 0 Å². The SMILES string of the molecule is CCOC(=O)[C@@H]1CCCCN1S(=O)(=O)c1ccc(C(F)(F)F)cc1. The van der Waals surface area contributed by atoms with Crippen LogP contribution in [0.2, 0.25) is 0 Å². The van der Waals surface area contributed by atoms with Gasteiger partial charge in [-0.25, -0.2) is 8.42 Å². The summed E-state index contributed by atoms with van der Waals surface area (Å²) >= 11 is 0. The van der Waals surface area contributed by atoms with E-state index < -0.39 is 33.8 Å². The van der Waals surface area contributed by atoms with Gasteiger partial charge in [-0.05, 0) is 50.5 Å². The largest absolute Gasteiger partial charge is 0.465 e. The Bertz CT molecular complexity index is 686. The van der Waals surface area contributed by atoms with E-state index in [1.165, 1.54) is 0 Å². The van der Waals surface area contributed by atoms with E-state index in [1.54, 1.807) is 6.92 Å². The van der Waals surface area contributed by atoms with Gasteiger partial charge in [0.2, 0.25) is 10.0 Å². The lowest BCUT2D eigenvalue weighted by Gasteiger charge is -2.32. The molecule has 1 aromatic carbocycles. The highest BCUT2D eigenvalue weighted by molar-refractivity contribution is 7.89. The first-order chi connectivity index (χ1) is 11.2. The van der Waals surface area contributed by atoms with Gasteiger partial charge in [-0.15, -0.1) is 0 Å². The van der Waals surface area contributed by atoms with Crippen molar-refractivity contribution < 1.29 is 31.1 Å². The van der Waals surface area contributed by atoms with E-state index in [0.29, 0.717) is 19.3 Å². The van der Waals surface area contributed by atoms with Gasteiger partial charge in [-0.2, -0.15) is 17.5 Å². The third kappa shape index (κ3) is 3.89. The van der Waals surface area contributed by atoms with E-state index in [0.717, 1.165) is 28.6 Å². The number of ether oxygens (including phenoxy) is 1. The lowest BCUT2D eigenvalue weighted by atomic mass is 10.1. The molecule has 0 N–H and O–H groups in total. The van der Waals surface area contributed by atoms with Crippen molar-refractivity contribution in [2.45, 2.75) is 43.3 Å². The van der Waals surface area contributed by atoms with Gasteiger partial charge in [0.05, 0.1) is 17.1 Å². The Balaban J connectivity index is 2.31. The summed E-state index contributed by atoms with van der Waals surface area (Å²) in [5.74, 6) is -0.632. The van der Waals surface area contributed by atoms with Crippen molar-refractivity contribution in [2.75, 3.05) is 13.2 Å². The van der Waals surface area contributed by atoms with E-state index in [2.05, 4.69) is 0 Å². The maximum Gasteiger partial charge on any atom is 0.416 e. The smallest absolute Gasteiger partial charge is 0.416 e. The van der Waals surface area contributed by atoms with Crippen LogP contribution in [0.5, 0.6) is 0 Å². The predicted octanol–water partition coefficient (Wildman–Crippen LogP) is 2.81. The standard InChI is InChI=1S/C15H18F3NO4S/c1-2-23-14(20)13-5-3-4-10-19(13)24(21,22)12-8-6-11(7-9-12)15(16,17)18/h6-9,13H,2-5,10H2,1H3/t13-/m0/s1.